The molecule has 1 N–H and O–H groups in total. The lowest BCUT2D eigenvalue weighted by Crippen LogP contribution is -2.56. The Kier molecular flexibility index (Phi) is 4.88. The minimum atomic E-state index is -4.64. The number of rotatable bonds is 6. The van der Waals surface area contributed by atoms with Gasteiger partial charge in [-0.2, -0.15) is 0 Å². The molecule has 1 fully saturated rings. The molecule has 1 saturated heterocycles. The summed E-state index contributed by atoms with van der Waals surface area (Å²) in [5, 5.41) is 3.21. The van der Waals surface area contributed by atoms with Crippen molar-refractivity contribution in [2.75, 3.05) is 19.6 Å². The second kappa shape index (κ2) is 6.45. The van der Waals surface area contributed by atoms with Crippen LogP contribution in [0.1, 0.15) is 18.9 Å². The van der Waals surface area contributed by atoms with Gasteiger partial charge in [0.15, 0.2) is 0 Å². The average molecular weight is 288 g/mol. The van der Waals surface area contributed by atoms with E-state index in [1.54, 1.807) is 6.07 Å². The Morgan fingerprint density at radius 1 is 1.35 bits per heavy atom. The van der Waals surface area contributed by atoms with E-state index in [-0.39, 0.29) is 5.75 Å². The topological polar surface area (TPSA) is 24.5 Å². The van der Waals surface area contributed by atoms with Crippen molar-refractivity contribution in [1.82, 2.24) is 10.2 Å². The minimum absolute atomic E-state index is 0.154. The van der Waals surface area contributed by atoms with Crippen LogP contribution in [0.5, 0.6) is 5.75 Å². The first-order chi connectivity index (χ1) is 9.48. The van der Waals surface area contributed by atoms with Crippen LogP contribution >= 0.6 is 0 Å². The number of ether oxygens (including phenoxy) is 1. The van der Waals surface area contributed by atoms with Crippen molar-refractivity contribution in [2.24, 2.45) is 0 Å². The maximum absolute atomic E-state index is 12.2. The van der Waals surface area contributed by atoms with Crippen molar-refractivity contribution in [3.8, 4) is 5.75 Å². The molecule has 1 heterocycles. The van der Waals surface area contributed by atoms with Gasteiger partial charge in [-0.15, -0.1) is 13.2 Å². The zero-order chi connectivity index (χ0) is 14.6. The summed E-state index contributed by atoms with van der Waals surface area (Å²) >= 11 is 0. The van der Waals surface area contributed by atoms with E-state index in [2.05, 4.69) is 21.9 Å². The third-order valence-electron chi connectivity index (χ3n) is 3.30. The van der Waals surface area contributed by atoms with Crippen LogP contribution in [0.4, 0.5) is 13.2 Å². The highest BCUT2D eigenvalue weighted by Gasteiger charge is 2.31. The average Bonchev–Trinajstić information content (AvgIpc) is 2.24. The van der Waals surface area contributed by atoms with E-state index in [9.17, 15) is 13.2 Å². The molecule has 0 unspecified atom stereocenters. The zero-order valence-electron chi connectivity index (χ0n) is 11.4. The molecule has 0 radical (unpaired) electrons. The van der Waals surface area contributed by atoms with Gasteiger partial charge in [0, 0.05) is 25.7 Å². The maximum atomic E-state index is 12.2. The Morgan fingerprint density at radius 2 is 2.10 bits per heavy atom. The van der Waals surface area contributed by atoms with Crippen molar-refractivity contribution in [3.63, 3.8) is 0 Å². The Bertz CT molecular complexity index is 433. The first kappa shape index (κ1) is 15.1. The number of hydrogen-bond acceptors (Lipinski definition) is 3. The second-order valence-electron chi connectivity index (χ2n) is 4.98. The minimum Gasteiger partial charge on any atom is -0.406 e. The summed E-state index contributed by atoms with van der Waals surface area (Å²) < 4.78 is 40.6. The van der Waals surface area contributed by atoms with E-state index in [0.29, 0.717) is 12.6 Å². The molecule has 112 valence electrons. The van der Waals surface area contributed by atoms with E-state index in [1.165, 1.54) is 12.1 Å². The van der Waals surface area contributed by atoms with Crippen molar-refractivity contribution in [1.29, 1.82) is 0 Å². The fraction of sp³-hybridized carbons (Fsp3) is 0.571. The molecule has 1 aromatic carbocycles. The molecule has 1 aliphatic heterocycles. The number of alkyl halides is 3. The Labute approximate surface area is 116 Å². The normalized spacial score (nSPS) is 16.2. The molecule has 2 rings (SSSR count). The van der Waals surface area contributed by atoms with Gasteiger partial charge in [-0.25, -0.2) is 0 Å². The van der Waals surface area contributed by atoms with Crippen molar-refractivity contribution < 1.29 is 17.9 Å². The Hall–Kier alpha value is -1.27. The van der Waals surface area contributed by atoms with Crippen molar-refractivity contribution in [2.45, 2.75) is 32.3 Å². The summed E-state index contributed by atoms with van der Waals surface area (Å²) in [6.45, 7) is 5.58. The van der Waals surface area contributed by atoms with Crippen LogP contribution in [-0.2, 0) is 6.54 Å². The van der Waals surface area contributed by atoms with Crippen LogP contribution in [0.15, 0.2) is 24.3 Å². The van der Waals surface area contributed by atoms with Gasteiger partial charge in [0.1, 0.15) is 5.75 Å². The fourth-order valence-electron chi connectivity index (χ4n) is 2.29. The standard InChI is InChI=1S/C14H19F3N2O/c1-2-6-19(12-8-18-9-12)10-11-4-3-5-13(7-11)20-14(15,16)17/h3-5,7,12,18H,2,6,8-10H2,1H3. The number of benzene rings is 1. The van der Waals surface area contributed by atoms with E-state index >= 15 is 0 Å². The van der Waals surface area contributed by atoms with Gasteiger partial charge in [-0.3, -0.25) is 4.90 Å². The van der Waals surface area contributed by atoms with Crippen LogP contribution in [-0.4, -0.2) is 36.9 Å². The van der Waals surface area contributed by atoms with Crippen LogP contribution in [0.25, 0.3) is 0 Å². The summed E-state index contributed by atoms with van der Waals surface area (Å²) in [6.07, 6.45) is -3.62. The van der Waals surface area contributed by atoms with Crippen LogP contribution < -0.4 is 10.1 Å². The molecular weight excluding hydrogens is 269 g/mol. The van der Waals surface area contributed by atoms with Crippen molar-refractivity contribution in [3.05, 3.63) is 29.8 Å². The molecule has 1 aliphatic rings. The monoisotopic (exact) mass is 288 g/mol. The number of halogens is 3. The highest BCUT2D eigenvalue weighted by molar-refractivity contribution is 5.28. The summed E-state index contributed by atoms with van der Waals surface area (Å²) in [4.78, 5) is 2.29. The molecule has 20 heavy (non-hydrogen) atoms. The first-order valence-corrected chi connectivity index (χ1v) is 6.77. The molecule has 0 spiro atoms. The Balaban J connectivity index is 2.01. The molecular formula is C14H19F3N2O. The van der Waals surface area contributed by atoms with E-state index in [4.69, 9.17) is 0 Å². The smallest absolute Gasteiger partial charge is 0.406 e. The van der Waals surface area contributed by atoms with Gasteiger partial charge in [0.05, 0.1) is 0 Å². The molecule has 0 atom stereocenters. The lowest BCUT2D eigenvalue weighted by molar-refractivity contribution is -0.274. The van der Waals surface area contributed by atoms with Gasteiger partial charge in [0.25, 0.3) is 0 Å². The predicted molar refractivity (Wildman–Crippen MR) is 70.5 cm³/mol. The van der Waals surface area contributed by atoms with Crippen LogP contribution in [0.2, 0.25) is 0 Å². The molecule has 1 aromatic rings. The lowest BCUT2D eigenvalue weighted by Gasteiger charge is -2.38. The number of nitrogens with one attached hydrogen (secondary N) is 1. The summed E-state index contributed by atoms with van der Waals surface area (Å²) in [6, 6.07) is 6.69. The molecule has 0 aliphatic carbocycles. The van der Waals surface area contributed by atoms with Crippen molar-refractivity contribution >= 4 is 0 Å². The highest BCUT2D eigenvalue weighted by Crippen LogP contribution is 2.24. The molecule has 0 bridgehead atoms. The lowest BCUT2D eigenvalue weighted by atomic mass is 10.1. The van der Waals surface area contributed by atoms with Crippen LogP contribution in [0, 0.1) is 0 Å². The van der Waals surface area contributed by atoms with Gasteiger partial charge in [-0.05, 0) is 30.7 Å². The molecule has 0 saturated carbocycles. The third-order valence-corrected chi connectivity index (χ3v) is 3.30. The van der Waals surface area contributed by atoms with Gasteiger partial charge < -0.3 is 10.1 Å². The van der Waals surface area contributed by atoms with E-state index < -0.39 is 6.36 Å². The van der Waals surface area contributed by atoms with E-state index in [0.717, 1.165) is 31.6 Å². The molecule has 6 heteroatoms. The predicted octanol–water partition coefficient (Wildman–Crippen LogP) is 2.77. The molecule has 0 amide bonds. The molecule has 3 nitrogen and oxygen atoms in total. The van der Waals surface area contributed by atoms with Crippen LogP contribution in [0.3, 0.4) is 0 Å². The Morgan fingerprint density at radius 3 is 2.65 bits per heavy atom. The summed E-state index contributed by atoms with van der Waals surface area (Å²) in [5.74, 6) is -0.154. The van der Waals surface area contributed by atoms with Gasteiger partial charge >= 0.3 is 6.36 Å². The van der Waals surface area contributed by atoms with E-state index in [1.807, 2.05) is 6.07 Å². The summed E-state index contributed by atoms with van der Waals surface area (Å²) in [7, 11) is 0. The summed E-state index contributed by atoms with van der Waals surface area (Å²) in [5.41, 5.74) is 0.840. The second-order valence-corrected chi connectivity index (χ2v) is 4.98. The fourth-order valence-corrected chi connectivity index (χ4v) is 2.29. The SMILES string of the molecule is CCCN(Cc1cccc(OC(F)(F)F)c1)C1CNC1. The zero-order valence-corrected chi connectivity index (χ0v) is 11.4. The highest BCUT2D eigenvalue weighted by atomic mass is 19.4. The van der Waals surface area contributed by atoms with Gasteiger partial charge in [-0.1, -0.05) is 19.1 Å². The third kappa shape index (κ3) is 4.38. The number of nitrogens with zero attached hydrogens (tertiary/aromatic N) is 1. The number of hydrogen-bond donors (Lipinski definition) is 1. The quantitative estimate of drug-likeness (QED) is 0.871. The maximum Gasteiger partial charge on any atom is 0.573 e. The largest absolute Gasteiger partial charge is 0.573 e. The van der Waals surface area contributed by atoms with Gasteiger partial charge in [0.2, 0.25) is 0 Å². The first-order valence-electron chi connectivity index (χ1n) is 6.77. The molecule has 0 aromatic heterocycles.